The predicted molar refractivity (Wildman–Crippen MR) is 94.6 cm³/mol. The van der Waals surface area contributed by atoms with Crippen LogP contribution in [0.5, 0.6) is 0 Å². The Kier molecular flexibility index (Phi) is 3.59. The van der Waals surface area contributed by atoms with Gasteiger partial charge >= 0.3 is 0 Å². The first-order chi connectivity index (χ1) is 11.8. The number of nitrogens with zero attached hydrogens (tertiary/aromatic N) is 2. The van der Waals surface area contributed by atoms with E-state index in [0.717, 1.165) is 27.8 Å². The molecule has 5 nitrogen and oxygen atoms in total. The minimum absolute atomic E-state index is 0.0573. The summed E-state index contributed by atoms with van der Waals surface area (Å²) in [4.78, 5) is 12.4. The number of aromatic amines is 1. The maximum absolute atomic E-state index is 12.4. The molecule has 118 valence electrons. The molecule has 0 aliphatic heterocycles. The van der Waals surface area contributed by atoms with Crippen LogP contribution in [0.15, 0.2) is 73.1 Å². The number of anilines is 1. The van der Waals surface area contributed by atoms with Crippen LogP contribution in [0, 0.1) is 0 Å². The number of hydrogen-bond acceptors (Lipinski definition) is 2. The van der Waals surface area contributed by atoms with Gasteiger partial charge in [0.05, 0.1) is 5.69 Å². The normalized spacial score (nSPS) is 10.8. The zero-order chi connectivity index (χ0) is 16.4. The van der Waals surface area contributed by atoms with Crippen LogP contribution in [0.4, 0.5) is 5.69 Å². The zero-order valence-corrected chi connectivity index (χ0v) is 12.9. The molecule has 5 heteroatoms. The maximum Gasteiger partial charge on any atom is 0.244 e. The third-order valence-corrected chi connectivity index (χ3v) is 3.95. The molecule has 0 fully saturated rings. The van der Waals surface area contributed by atoms with Crippen LogP contribution in [0.2, 0.25) is 0 Å². The van der Waals surface area contributed by atoms with E-state index in [4.69, 9.17) is 0 Å². The first-order valence-electron chi connectivity index (χ1n) is 7.73. The average Bonchev–Trinajstić information content (AvgIpc) is 3.26. The zero-order valence-electron chi connectivity index (χ0n) is 12.9. The number of aromatic nitrogens is 3. The summed E-state index contributed by atoms with van der Waals surface area (Å²) in [7, 11) is 0. The molecule has 0 spiro atoms. The van der Waals surface area contributed by atoms with Crippen LogP contribution < -0.4 is 5.32 Å². The molecule has 4 aromatic rings. The van der Waals surface area contributed by atoms with Crippen molar-refractivity contribution in [1.82, 2.24) is 14.8 Å². The first kappa shape index (κ1) is 14.3. The molecule has 0 radical (unpaired) electrons. The van der Waals surface area contributed by atoms with Gasteiger partial charge in [0, 0.05) is 29.2 Å². The Hall–Kier alpha value is -3.34. The lowest BCUT2D eigenvalue weighted by molar-refractivity contribution is -0.116. The van der Waals surface area contributed by atoms with Crippen molar-refractivity contribution in [2.45, 2.75) is 6.54 Å². The molecule has 0 bridgehead atoms. The Morgan fingerprint density at radius 2 is 2.00 bits per heavy atom. The summed E-state index contributed by atoms with van der Waals surface area (Å²) in [5.74, 6) is -0.0573. The molecule has 0 saturated carbocycles. The van der Waals surface area contributed by atoms with E-state index < -0.39 is 0 Å². The number of amides is 1. The van der Waals surface area contributed by atoms with Crippen LogP contribution in [-0.2, 0) is 11.3 Å². The fourth-order valence-electron chi connectivity index (χ4n) is 2.81. The first-order valence-corrected chi connectivity index (χ1v) is 7.73. The fourth-order valence-corrected chi connectivity index (χ4v) is 2.81. The van der Waals surface area contributed by atoms with Gasteiger partial charge in [-0.3, -0.25) is 9.89 Å². The van der Waals surface area contributed by atoms with E-state index in [1.807, 2.05) is 71.4 Å². The SMILES string of the molecule is O=C(Cn1ccc2ccccc21)Nc1cccc(-c2ccn[nH]2)c1. The summed E-state index contributed by atoms with van der Waals surface area (Å²) in [5.41, 5.74) is 3.72. The van der Waals surface area contributed by atoms with E-state index in [1.165, 1.54) is 0 Å². The monoisotopic (exact) mass is 316 g/mol. The molecule has 2 heterocycles. The van der Waals surface area contributed by atoms with Gasteiger partial charge in [-0.1, -0.05) is 30.3 Å². The highest BCUT2D eigenvalue weighted by Gasteiger charge is 2.07. The summed E-state index contributed by atoms with van der Waals surface area (Å²) in [5, 5.41) is 11.0. The van der Waals surface area contributed by atoms with Crippen LogP contribution in [0.3, 0.4) is 0 Å². The van der Waals surface area contributed by atoms with Crippen molar-refractivity contribution < 1.29 is 4.79 Å². The second kappa shape index (κ2) is 6.04. The standard InChI is InChI=1S/C19H16N4O/c24-19(13-23-11-9-14-4-1-2-7-18(14)23)21-16-6-3-5-15(12-16)17-8-10-20-22-17/h1-12H,13H2,(H,20,22)(H,21,24). The second-order valence-electron chi connectivity index (χ2n) is 5.60. The smallest absolute Gasteiger partial charge is 0.244 e. The largest absolute Gasteiger partial charge is 0.338 e. The van der Waals surface area contributed by atoms with Gasteiger partial charge in [0.25, 0.3) is 0 Å². The topological polar surface area (TPSA) is 62.7 Å². The van der Waals surface area contributed by atoms with E-state index in [1.54, 1.807) is 6.20 Å². The van der Waals surface area contributed by atoms with Crippen LogP contribution in [-0.4, -0.2) is 20.7 Å². The fraction of sp³-hybridized carbons (Fsp3) is 0.0526. The van der Waals surface area contributed by atoms with Crippen LogP contribution >= 0.6 is 0 Å². The Balaban J connectivity index is 1.51. The second-order valence-corrected chi connectivity index (χ2v) is 5.60. The van der Waals surface area contributed by atoms with Gasteiger partial charge in [-0.15, -0.1) is 0 Å². The van der Waals surface area contributed by atoms with Gasteiger partial charge < -0.3 is 9.88 Å². The van der Waals surface area contributed by atoms with Crippen molar-refractivity contribution >= 4 is 22.5 Å². The Labute approximate surface area is 138 Å². The van der Waals surface area contributed by atoms with Gasteiger partial charge in [0.1, 0.15) is 6.54 Å². The molecule has 2 aromatic carbocycles. The minimum atomic E-state index is -0.0573. The molecule has 0 aliphatic rings. The maximum atomic E-state index is 12.4. The van der Waals surface area contributed by atoms with Crippen molar-refractivity contribution in [1.29, 1.82) is 0 Å². The number of carbonyl (C=O) groups is 1. The third kappa shape index (κ3) is 2.79. The highest BCUT2D eigenvalue weighted by molar-refractivity contribution is 5.92. The molecule has 0 aliphatic carbocycles. The molecule has 0 atom stereocenters. The summed E-state index contributed by atoms with van der Waals surface area (Å²) in [6, 6.07) is 19.6. The molecule has 1 amide bonds. The highest BCUT2D eigenvalue weighted by Crippen LogP contribution is 2.20. The summed E-state index contributed by atoms with van der Waals surface area (Å²) < 4.78 is 1.95. The number of carbonyl (C=O) groups excluding carboxylic acids is 1. The van der Waals surface area contributed by atoms with Crippen LogP contribution in [0.25, 0.3) is 22.2 Å². The number of fused-ring (bicyclic) bond motifs is 1. The van der Waals surface area contributed by atoms with Crippen molar-refractivity contribution in [2.24, 2.45) is 0 Å². The van der Waals surface area contributed by atoms with Gasteiger partial charge in [0.2, 0.25) is 5.91 Å². The summed E-state index contributed by atoms with van der Waals surface area (Å²) in [6.07, 6.45) is 3.64. The van der Waals surface area contributed by atoms with E-state index >= 15 is 0 Å². The number of nitrogens with one attached hydrogen (secondary N) is 2. The number of benzene rings is 2. The average molecular weight is 316 g/mol. The van der Waals surface area contributed by atoms with Gasteiger partial charge in [-0.05, 0) is 35.7 Å². The van der Waals surface area contributed by atoms with Crippen molar-refractivity contribution in [3.8, 4) is 11.3 Å². The number of para-hydroxylation sites is 1. The van der Waals surface area contributed by atoms with Crippen molar-refractivity contribution in [3.63, 3.8) is 0 Å². The molecule has 24 heavy (non-hydrogen) atoms. The Morgan fingerprint density at radius 3 is 2.88 bits per heavy atom. The Morgan fingerprint density at radius 1 is 1.08 bits per heavy atom. The minimum Gasteiger partial charge on any atom is -0.338 e. The van der Waals surface area contributed by atoms with Gasteiger partial charge in [-0.2, -0.15) is 5.10 Å². The molecular formula is C19H16N4O. The molecule has 4 rings (SSSR count). The summed E-state index contributed by atoms with van der Waals surface area (Å²) in [6.45, 7) is 0.280. The molecule has 2 aromatic heterocycles. The number of hydrogen-bond donors (Lipinski definition) is 2. The van der Waals surface area contributed by atoms with E-state index in [9.17, 15) is 4.79 Å². The number of rotatable bonds is 4. The lowest BCUT2D eigenvalue weighted by Crippen LogP contribution is -2.18. The quantitative estimate of drug-likeness (QED) is 0.603. The lowest BCUT2D eigenvalue weighted by atomic mass is 10.1. The van der Waals surface area contributed by atoms with E-state index in [2.05, 4.69) is 15.5 Å². The molecular weight excluding hydrogens is 300 g/mol. The highest BCUT2D eigenvalue weighted by atomic mass is 16.1. The van der Waals surface area contributed by atoms with E-state index in [-0.39, 0.29) is 12.5 Å². The third-order valence-electron chi connectivity index (χ3n) is 3.95. The molecule has 2 N–H and O–H groups in total. The molecule has 0 unspecified atom stereocenters. The Bertz CT molecular complexity index is 985. The van der Waals surface area contributed by atoms with E-state index in [0.29, 0.717) is 0 Å². The summed E-state index contributed by atoms with van der Waals surface area (Å²) >= 11 is 0. The lowest BCUT2D eigenvalue weighted by Gasteiger charge is -2.08. The number of H-pyrrole nitrogens is 1. The van der Waals surface area contributed by atoms with Crippen molar-refractivity contribution in [3.05, 3.63) is 73.1 Å². The molecule has 0 saturated heterocycles. The van der Waals surface area contributed by atoms with Gasteiger partial charge in [-0.25, -0.2) is 0 Å². The van der Waals surface area contributed by atoms with Crippen molar-refractivity contribution in [2.75, 3.05) is 5.32 Å². The van der Waals surface area contributed by atoms with Crippen LogP contribution in [0.1, 0.15) is 0 Å². The van der Waals surface area contributed by atoms with Gasteiger partial charge in [0.15, 0.2) is 0 Å². The predicted octanol–water partition coefficient (Wildman–Crippen LogP) is 3.67.